The molecule has 96 valence electrons. The van der Waals surface area contributed by atoms with Crippen molar-refractivity contribution in [1.29, 1.82) is 0 Å². The quantitative estimate of drug-likeness (QED) is 0.731. The Morgan fingerprint density at radius 2 is 1.65 bits per heavy atom. The van der Waals surface area contributed by atoms with Crippen LogP contribution in [0.1, 0.15) is 52.2 Å². The first-order chi connectivity index (χ1) is 7.53. The van der Waals surface area contributed by atoms with Crippen LogP contribution in [0.4, 0.5) is 0 Å². The second kappa shape index (κ2) is 4.56. The topological polar surface area (TPSA) is 20.2 Å². The first kappa shape index (κ1) is 14.4. The maximum absolute atomic E-state index is 9.75. The third-order valence-electron chi connectivity index (χ3n) is 3.03. The molecule has 1 aromatic carbocycles. The molecule has 1 N–H and O–H groups in total. The molecule has 0 heterocycles. The summed E-state index contributed by atoms with van der Waals surface area (Å²) in [7, 11) is 0. The van der Waals surface area contributed by atoms with E-state index in [0.29, 0.717) is 10.6 Å². The van der Waals surface area contributed by atoms with Gasteiger partial charge in [0.1, 0.15) is 5.75 Å². The van der Waals surface area contributed by atoms with Gasteiger partial charge in [-0.05, 0) is 41.4 Å². The third-order valence-corrected chi connectivity index (χ3v) is 3.38. The van der Waals surface area contributed by atoms with E-state index >= 15 is 0 Å². The van der Waals surface area contributed by atoms with Crippen LogP contribution in [0.5, 0.6) is 5.75 Å². The molecule has 1 aromatic rings. The molecule has 2 heteroatoms. The summed E-state index contributed by atoms with van der Waals surface area (Å²) in [5.41, 5.74) is 2.52. The van der Waals surface area contributed by atoms with E-state index in [1.54, 1.807) is 0 Å². The SMILES string of the molecule is Cc1cc(C(C)(C)CC(C)(C)C)cc(S)c1O. The molecule has 0 amide bonds. The fourth-order valence-corrected chi connectivity index (χ4v) is 2.90. The summed E-state index contributed by atoms with van der Waals surface area (Å²) in [6.07, 6.45) is 1.09. The zero-order valence-corrected chi connectivity index (χ0v) is 12.7. The summed E-state index contributed by atoms with van der Waals surface area (Å²) in [4.78, 5) is 0.669. The van der Waals surface area contributed by atoms with Gasteiger partial charge in [-0.2, -0.15) is 0 Å². The minimum Gasteiger partial charge on any atom is -0.507 e. The van der Waals surface area contributed by atoms with Crippen molar-refractivity contribution in [2.45, 2.75) is 58.3 Å². The number of hydrogen-bond donors (Lipinski definition) is 2. The molecule has 0 atom stereocenters. The van der Waals surface area contributed by atoms with Crippen molar-refractivity contribution >= 4 is 12.6 Å². The number of hydrogen-bond acceptors (Lipinski definition) is 2. The Hall–Kier alpha value is -0.630. The van der Waals surface area contributed by atoms with Gasteiger partial charge in [0.2, 0.25) is 0 Å². The molecule has 0 fully saturated rings. The smallest absolute Gasteiger partial charge is 0.131 e. The summed E-state index contributed by atoms with van der Waals surface area (Å²) in [6, 6.07) is 4.05. The summed E-state index contributed by atoms with van der Waals surface area (Å²) in [6.45, 7) is 13.2. The van der Waals surface area contributed by atoms with Crippen LogP contribution in [0.15, 0.2) is 17.0 Å². The molecule has 0 saturated heterocycles. The average molecular weight is 252 g/mol. The minimum atomic E-state index is 0.0915. The predicted octanol–water partition coefficient (Wildman–Crippen LogP) is 4.70. The highest BCUT2D eigenvalue weighted by molar-refractivity contribution is 7.80. The van der Waals surface area contributed by atoms with Gasteiger partial charge < -0.3 is 5.11 Å². The van der Waals surface area contributed by atoms with E-state index in [2.05, 4.69) is 53.3 Å². The second-order valence-corrected chi connectivity index (χ2v) is 7.26. The van der Waals surface area contributed by atoms with Gasteiger partial charge in [0, 0.05) is 4.90 Å². The van der Waals surface area contributed by atoms with Gasteiger partial charge in [-0.3, -0.25) is 0 Å². The normalized spacial score (nSPS) is 12.9. The number of rotatable bonds is 2. The van der Waals surface area contributed by atoms with E-state index in [9.17, 15) is 5.11 Å². The highest BCUT2D eigenvalue weighted by Crippen LogP contribution is 2.39. The fraction of sp³-hybridized carbons (Fsp3) is 0.600. The van der Waals surface area contributed by atoms with Crippen LogP contribution >= 0.6 is 12.6 Å². The molecular weight excluding hydrogens is 228 g/mol. The number of aryl methyl sites for hydroxylation is 1. The lowest BCUT2D eigenvalue weighted by Gasteiger charge is -2.33. The average Bonchev–Trinajstić information content (AvgIpc) is 2.09. The summed E-state index contributed by atoms with van der Waals surface area (Å²) in [5.74, 6) is 0.295. The standard InChI is InChI=1S/C15H24OS/c1-10-7-11(8-12(17)13(10)16)15(5,6)9-14(2,3)4/h7-8,16-17H,9H2,1-6H3. The van der Waals surface area contributed by atoms with Crippen LogP contribution in [0.25, 0.3) is 0 Å². The van der Waals surface area contributed by atoms with Crippen LogP contribution in [0, 0.1) is 12.3 Å². The van der Waals surface area contributed by atoms with Crippen LogP contribution in [0.2, 0.25) is 0 Å². The van der Waals surface area contributed by atoms with Crippen LogP contribution in [0.3, 0.4) is 0 Å². The van der Waals surface area contributed by atoms with Gasteiger partial charge in [0.25, 0.3) is 0 Å². The number of phenols is 1. The van der Waals surface area contributed by atoms with Crippen LogP contribution in [-0.2, 0) is 5.41 Å². The fourth-order valence-electron chi connectivity index (χ4n) is 2.58. The van der Waals surface area contributed by atoms with E-state index in [1.165, 1.54) is 5.56 Å². The molecule has 0 saturated carbocycles. The van der Waals surface area contributed by atoms with Gasteiger partial charge >= 0.3 is 0 Å². The molecule has 0 aliphatic rings. The molecule has 0 aliphatic heterocycles. The van der Waals surface area contributed by atoms with Crippen molar-refractivity contribution in [3.63, 3.8) is 0 Å². The number of phenolic OH excluding ortho intramolecular Hbond substituents is 1. The summed E-state index contributed by atoms with van der Waals surface area (Å²) < 4.78 is 0. The number of thiol groups is 1. The molecule has 0 bridgehead atoms. The first-order valence-electron chi connectivity index (χ1n) is 6.06. The van der Waals surface area contributed by atoms with E-state index in [0.717, 1.165) is 12.0 Å². The van der Waals surface area contributed by atoms with E-state index in [1.807, 2.05) is 13.0 Å². The monoisotopic (exact) mass is 252 g/mol. The van der Waals surface area contributed by atoms with Crippen molar-refractivity contribution in [3.05, 3.63) is 23.3 Å². The van der Waals surface area contributed by atoms with Crippen molar-refractivity contribution < 1.29 is 5.11 Å². The lowest BCUT2D eigenvalue weighted by Crippen LogP contribution is -2.24. The van der Waals surface area contributed by atoms with Crippen molar-refractivity contribution in [1.82, 2.24) is 0 Å². The Balaban J connectivity index is 3.16. The third kappa shape index (κ3) is 3.67. The molecule has 1 rings (SSSR count). The van der Waals surface area contributed by atoms with Gasteiger partial charge in [-0.25, -0.2) is 0 Å². The van der Waals surface area contributed by atoms with E-state index in [4.69, 9.17) is 0 Å². The summed E-state index contributed by atoms with van der Waals surface area (Å²) >= 11 is 4.33. The Morgan fingerprint density at radius 3 is 2.06 bits per heavy atom. The highest BCUT2D eigenvalue weighted by atomic mass is 32.1. The predicted molar refractivity (Wildman–Crippen MR) is 77.2 cm³/mol. The van der Waals surface area contributed by atoms with Crippen LogP contribution < -0.4 is 0 Å². The zero-order chi connectivity index (χ0) is 13.4. The van der Waals surface area contributed by atoms with Crippen molar-refractivity contribution in [3.8, 4) is 5.75 Å². The van der Waals surface area contributed by atoms with Crippen molar-refractivity contribution in [2.24, 2.45) is 5.41 Å². The van der Waals surface area contributed by atoms with Gasteiger partial charge in [0.15, 0.2) is 0 Å². The second-order valence-electron chi connectivity index (χ2n) is 6.78. The molecule has 1 nitrogen and oxygen atoms in total. The number of aromatic hydroxyl groups is 1. The highest BCUT2D eigenvalue weighted by Gasteiger charge is 2.28. The molecule has 0 unspecified atom stereocenters. The van der Waals surface area contributed by atoms with Crippen LogP contribution in [-0.4, -0.2) is 5.11 Å². The maximum Gasteiger partial charge on any atom is 0.131 e. The Morgan fingerprint density at radius 1 is 1.12 bits per heavy atom. The zero-order valence-electron chi connectivity index (χ0n) is 11.8. The largest absolute Gasteiger partial charge is 0.507 e. The van der Waals surface area contributed by atoms with E-state index < -0.39 is 0 Å². The molecular formula is C15H24OS. The minimum absolute atomic E-state index is 0.0915. The van der Waals surface area contributed by atoms with E-state index in [-0.39, 0.29) is 10.8 Å². The molecule has 0 spiro atoms. The van der Waals surface area contributed by atoms with Gasteiger partial charge in [-0.15, -0.1) is 12.6 Å². The molecule has 0 aromatic heterocycles. The Labute approximate surface area is 111 Å². The van der Waals surface area contributed by atoms with Gasteiger partial charge in [-0.1, -0.05) is 40.7 Å². The molecule has 0 radical (unpaired) electrons. The Bertz CT molecular complexity index is 390. The van der Waals surface area contributed by atoms with Crippen molar-refractivity contribution in [2.75, 3.05) is 0 Å². The number of benzene rings is 1. The lowest BCUT2D eigenvalue weighted by atomic mass is 9.72. The maximum atomic E-state index is 9.75. The lowest BCUT2D eigenvalue weighted by molar-refractivity contribution is 0.283. The molecule has 0 aliphatic carbocycles. The molecule has 17 heavy (non-hydrogen) atoms. The first-order valence-corrected chi connectivity index (χ1v) is 6.51. The Kier molecular flexibility index (Phi) is 3.87. The summed E-state index contributed by atoms with van der Waals surface area (Å²) in [5, 5.41) is 9.75. The van der Waals surface area contributed by atoms with Gasteiger partial charge in [0.05, 0.1) is 0 Å².